The molecule has 4 aliphatic rings. The molecule has 8 heteroatoms. The summed E-state index contributed by atoms with van der Waals surface area (Å²) < 4.78 is 27.2. The molecule has 2 aliphatic heterocycles. The summed E-state index contributed by atoms with van der Waals surface area (Å²) >= 11 is 0. The number of carbonyl (C=O) groups is 1. The van der Waals surface area contributed by atoms with Gasteiger partial charge in [0.2, 0.25) is 0 Å². The number of cyclic esters (lactones) is 1. The van der Waals surface area contributed by atoms with Crippen LogP contribution in [0.4, 0.5) is 0 Å². The first-order valence-corrected chi connectivity index (χ1v) is 11.0. The van der Waals surface area contributed by atoms with E-state index in [2.05, 4.69) is 26.5 Å². The van der Waals surface area contributed by atoms with Crippen molar-refractivity contribution in [2.75, 3.05) is 13.2 Å². The molecule has 0 spiro atoms. The van der Waals surface area contributed by atoms with Crippen LogP contribution < -0.4 is 34.5 Å². The average Bonchev–Trinajstić information content (AvgIpc) is 3.00. The van der Waals surface area contributed by atoms with E-state index in [4.69, 9.17) is 13.8 Å². The van der Waals surface area contributed by atoms with E-state index in [9.17, 15) is 14.3 Å². The van der Waals surface area contributed by atoms with E-state index in [1.54, 1.807) is 6.08 Å². The number of rotatable bonds is 2. The number of carbonyl (C=O) groups excluding carboxylic acids is 1. The van der Waals surface area contributed by atoms with Gasteiger partial charge in [-0.05, 0) is 43.1 Å². The standard InChI is InChI=1S/C20H27O6P.Na/c1-13-4-7-16-19(2,15(13)6-5-14-9-11-24-18(14)21)10-8-17-20(16,3)12-25-27(22,23)26-17;/h5-6,9,15-17H,1,4,7-8,10-12H2,2-3H3,(H,22,23);/q;+1/p-1. The number of phosphoric acid groups is 1. The summed E-state index contributed by atoms with van der Waals surface area (Å²) in [7, 11) is -4.19. The van der Waals surface area contributed by atoms with Gasteiger partial charge in [-0.15, -0.1) is 0 Å². The Hall–Kier alpha value is -0.200. The van der Waals surface area contributed by atoms with E-state index < -0.39 is 7.82 Å². The molecule has 0 bridgehead atoms. The molecule has 28 heavy (non-hydrogen) atoms. The van der Waals surface area contributed by atoms with Crippen molar-refractivity contribution in [1.82, 2.24) is 0 Å². The molecule has 0 radical (unpaired) electrons. The van der Waals surface area contributed by atoms with E-state index >= 15 is 0 Å². The molecule has 0 aromatic rings. The Balaban J connectivity index is 0.00000225. The summed E-state index contributed by atoms with van der Waals surface area (Å²) in [4.78, 5) is 23.5. The smallest absolute Gasteiger partial charge is 0.756 e. The minimum absolute atomic E-state index is 0. The van der Waals surface area contributed by atoms with Gasteiger partial charge in [0, 0.05) is 11.3 Å². The summed E-state index contributed by atoms with van der Waals surface area (Å²) in [5.41, 5.74) is 1.30. The Labute approximate surface area is 188 Å². The van der Waals surface area contributed by atoms with Crippen LogP contribution in [0.25, 0.3) is 0 Å². The molecule has 3 fully saturated rings. The van der Waals surface area contributed by atoms with Gasteiger partial charge in [0.25, 0.3) is 7.82 Å². The molecule has 2 aliphatic carbocycles. The molecule has 6 nitrogen and oxygen atoms in total. The van der Waals surface area contributed by atoms with Gasteiger partial charge in [-0.25, -0.2) is 4.79 Å². The Morgan fingerprint density at radius 2 is 2.07 bits per heavy atom. The third-order valence-corrected chi connectivity index (χ3v) is 8.15. The quantitative estimate of drug-likeness (QED) is 0.279. The molecule has 2 saturated carbocycles. The zero-order chi connectivity index (χ0) is 19.4. The molecule has 1 saturated heterocycles. The Morgan fingerprint density at radius 3 is 2.75 bits per heavy atom. The van der Waals surface area contributed by atoms with Crippen LogP contribution in [-0.4, -0.2) is 25.3 Å². The second-order valence-corrected chi connectivity index (χ2v) is 10.1. The van der Waals surface area contributed by atoms with Gasteiger partial charge in [-0.1, -0.05) is 38.2 Å². The second kappa shape index (κ2) is 7.81. The van der Waals surface area contributed by atoms with E-state index in [1.165, 1.54) is 0 Å². The fraction of sp³-hybridized carbons (Fsp3) is 0.650. The minimum Gasteiger partial charge on any atom is -0.756 e. The fourth-order valence-corrected chi connectivity index (χ4v) is 6.90. The summed E-state index contributed by atoms with van der Waals surface area (Å²) in [6.07, 6.45) is 8.71. The van der Waals surface area contributed by atoms with Crippen molar-refractivity contribution in [2.24, 2.45) is 22.7 Å². The molecule has 2 heterocycles. The number of esters is 1. The predicted octanol–water partition coefficient (Wildman–Crippen LogP) is 0.302. The zero-order valence-corrected chi connectivity index (χ0v) is 19.7. The monoisotopic (exact) mass is 416 g/mol. The first-order chi connectivity index (χ1) is 12.7. The first-order valence-electron chi connectivity index (χ1n) is 9.53. The van der Waals surface area contributed by atoms with Crippen molar-refractivity contribution < 1.29 is 57.6 Å². The normalized spacial score (nSPS) is 45.7. The summed E-state index contributed by atoms with van der Waals surface area (Å²) in [6, 6.07) is 0. The van der Waals surface area contributed by atoms with Crippen LogP contribution in [0.5, 0.6) is 0 Å². The molecule has 0 aromatic heterocycles. The molecule has 148 valence electrons. The van der Waals surface area contributed by atoms with Gasteiger partial charge >= 0.3 is 35.5 Å². The van der Waals surface area contributed by atoms with Gasteiger partial charge in [-0.3, -0.25) is 4.57 Å². The van der Waals surface area contributed by atoms with Crippen molar-refractivity contribution >= 4 is 13.8 Å². The molecule has 0 aromatic carbocycles. The Kier molecular flexibility index (Phi) is 6.27. The van der Waals surface area contributed by atoms with Crippen molar-refractivity contribution in [3.8, 4) is 0 Å². The number of hydrogen-bond acceptors (Lipinski definition) is 6. The molecule has 0 amide bonds. The van der Waals surface area contributed by atoms with Crippen molar-refractivity contribution in [3.63, 3.8) is 0 Å². The average molecular weight is 416 g/mol. The Morgan fingerprint density at radius 1 is 1.32 bits per heavy atom. The van der Waals surface area contributed by atoms with Gasteiger partial charge in [-0.2, -0.15) is 0 Å². The fourth-order valence-electron chi connectivity index (χ4n) is 5.74. The molecule has 0 N–H and O–H groups in total. The predicted molar refractivity (Wildman–Crippen MR) is 97.4 cm³/mol. The van der Waals surface area contributed by atoms with Crippen LogP contribution >= 0.6 is 7.82 Å². The van der Waals surface area contributed by atoms with Gasteiger partial charge in [0.15, 0.2) is 0 Å². The maximum absolute atomic E-state index is 11.8. The zero-order valence-electron chi connectivity index (χ0n) is 16.8. The third-order valence-electron chi connectivity index (χ3n) is 7.19. The van der Waals surface area contributed by atoms with Crippen molar-refractivity contribution in [2.45, 2.75) is 45.6 Å². The van der Waals surface area contributed by atoms with Gasteiger partial charge in [0.05, 0.1) is 18.3 Å². The maximum Gasteiger partial charge on any atom is 1.00 e. The summed E-state index contributed by atoms with van der Waals surface area (Å²) in [6.45, 7) is 9.14. The molecular weight excluding hydrogens is 390 g/mol. The van der Waals surface area contributed by atoms with Crippen LogP contribution in [-0.2, 0) is 23.1 Å². The number of ether oxygens (including phenoxy) is 1. The number of allylic oxidation sites excluding steroid dienone is 2. The van der Waals surface area contributed by atoms with Crippen LogP contribution in [0.3, 0.4) is 0 Å². The van der Waals surface area contributed by atoms with Crippen LogP contribution in [0.1, 0.15) is 39.5 Å². The molecule has 4 rings (SSSR count). The summed E-state index contributed by atoms with van der Waals surface area (Å²) in [5.74, 6) is 0.0725. The maximum atomic E-state index is 11.8. The summed E-state index contributed by atoms with van der Waals surface area (Å²) in [5, 5.41) is 0. The largest absolute Gasteiger partial charge is 1.00 e. The van der Waals surface area contributed by atoms with Crippen molar-refractivity contribution in [1.29, 1.82) is 0 Å². The van der Waals surface area contributed by atoms with E-state index in [0.29, 0.717) is 18.6 Å². The minimum atomic E-state index is -4.19. The number of hydrogen-bond donors (Lipinski definition) is 0. The van der Waals surface area contributed by atoms with Crippen LogP contribution in [0.2, 0.25) is 0 Å². The SMILES string of the molecule is C=C1CCC2C3(C)COP(=O)([O-])OC3CCC2(C)C1C=CC1=CCOC1=O.[Na+]. The molecule has 6 atom stereocenters. The third kappa shape index (κ3) is 3.66. The topological polar surface area (TPSA) is 84.9 Å². The molecular formula is C20H26NaO6P. The number of fused-ring (bicyclic) bond motifs is 3. The van der Waals surface area contributed by atoms with Gasteiger partial charge in [0.1, 0.15) is 6.61 Å². The van der Waals surface area contributed by atoms with Crippen molar-refractivity contribution in [3.05, 3.63) is 36.0 Å². The molecule has 6 unspecified atom stereocenters. The first kappa shape index (κ1) is 22.5. The van der Waals surface area contributed by atoms with E-state index in [0.717, 1.165) is 24.8 Å². The van der Waals surface area contributed by atoms with Crippen LogP contribution in [0, 0.1) is 22.7 Å². The van der Waals surface area contributed by atoms with E-state index in [-0.39, 0.29) is 70.9 Å². The Bertz CT molecular complexity index is 792. The second-order valence-electron chi connectivity index (χ2n) is 8.71. The van der Waals surface area contributed by atoms with E-state index in [1.807, 2.05) is 6.08 Å². The van der Waals surface area contributed by atoms with Gasteiger partial charge < -0.3 is 18.7 Å². The number of phosphoric ester groups is 1. The van der Waals surface area contributed by atoms with Crippen LogP contribution in [0.15, 0.2) is 36.0 Å².